The van der Waals surface area contributed by atoms with Crippen LogP contribution in [0.25, 0.3) is 123 Å². The van der Waals surface area contributed by atoms with Crippen LogP contribution < -0.4 is 0 Å². The van der Waals surface area contributed by atoms with Gasteiger partial charge in [-0.05, 0) is 105 Å². The van der Waals surface area contributed by atoms with Crippen molar-refractivity contribution in [3.63, 3.8) is 0 Å². The average molecular weight is 1020 g/mol. The minimum absolute atomic E-state index is 0.348. The Hall–Kier alpha value is -9.40. The number of rotatable bonds is 6. The minimum atomic E-state index is -4.67. The summed E-state index contributed by atoms with van der Waals surface area (Å²) in [6.45, 7) is 9.14. The fourth-order valence-electron chi connectivity index (χ4n) is 13.3. The fourth-order valence-corrected chi connectivity index (χ4v) is 13.3. The molecule has 0 N–H and O–H groups in total. The molecular weight excluding hydrogens is 968 g/mol. The molecule has 78 heavy (non-hydrogen) atoms. The minimum Gasteiger partial charge on any atom is -0.309 e. The van der Waals surface area contributed by atoms with Crippen molar-refractivity contribution in [2.45, 2.75) is 44.7 Å². The first kappa shape index (κ1) is 45.9. The van der Waals surface area contributed by atoms with Gasteiger partial charge in [-0.3, -0.25) is 0 Å². The van der Waals surface area contributed by atoms with Crippen LogP contribution in [0.3, 0.4) is 0 Å². The second-order valence-electron chi connectivity index (χ2n) is 21.8. The van der Waals surface area contributed by atoms with Crippen LogP contribution in [0.1, 0.15) is 55.5 Å². The first-order chi connectivity index (χ1) is 37.9. The molecule has 5 nitrogen and oxygen atoms in total. The summed E-state index contributed by atoms with van der Waals surface area (Å²) in [5.41, 5.74) is 16.4. The topological polar surface area (TPSA) is 48.5 Å². The standard InChI is InChI=1S/C70H48F3N5/c1-68(2)53-27-15-11-23-45(53)47-33-37-59-61(63(47)68)49-25-13-17-29-55(49)77(59)57-35-31-43(67-75-65(41-19-7-5-8-20-41)74-66(76-67)42-21-9-6-10-22-42)39-51(57)52-40-44(70(71,72)73)32-36-58(52)78-56-30-18-14-26-50(56)62-60(78)38-34-48-46-24-12-16-28-54(46)69(3,4)64(48)62/h5-40H,1-4H3. The number of para-hydroxylation sites is 2. The number of fused-ring (bicyclic) bond motifs is 14. The van der Waals surface area contributed by atoms with Crippen LogP contribution >= 0.6 is 0 Å². The number of alkyl halides is 3. The van der Waals surface area contributed by atoms with E-state index in [0.717, 1.165) is 54.7 Å². The molecule has 0 amide bonds. The van der Waals surface area contributed by atoms with Crippen molar-refractivity contribution in [2.75, 3.05) is 0 Å². The maximum absolute atomic E-state index is 15.6. The lowest BCUT2D eigenvalue weighted by Gasteiger charge is -2.23. The summed E-state index contributed by atoms with van der Waals surface area (Å²) < 4.78 is 51.4. The zero-order chi connectivity index (χ0) is 52.8. The lowest BCUT2D eigenvalue weighted by atomic mass is 9.80. The van der Waals surface area contributed by atoms with Crippen molar-refractivity contribution in [1.82, 2.24) is 24.1 Å². The van der Waals surface area contributed by atoms with Crippen molar-refractivity contribution < 1.29 is 13.2 Å². The molecule has 0 aliphatic heterocycles. The smallest absolute Gasteiger partial charge is 0.309 e. The van der Waals surface area contributed by atoms with Gasteiger partial charge in [-0.2, -0.15) is 13.2 Å². The Bertz CT molecular complexity index is 4600. The van der Waals surface area contributed by atoms with Crippen molar-refractivity contribution in [2.24, 2.45) is 0 Å². The molecule has 0 radical (unpaired) electrons. The summed E-state index contributed by atoms with van der Waals surface area (Å²) in [7, 11) is 0. The number of aromatic nitrogens is 5. The summed E-state index contributed by atoms with van der Waals surface area (Å²) >= 11 is 0. The van der Waals surface area contributed by atoms with Crippen LogP contribution in [0.15, 0.2) is 218 Å². The third-order valence-corrected chi connectivity index (χ3v) is 16.8. The highest BCUT2D eigenvalue weighted by atomic mass is 19.4. The molecule has 374 valence electrons. The molecule has 3 aromatic heterocycles. The lowest BCUT2D eigenvalue weighted by Crippen LogP contribution is -2.15. The number of halogens is 3. The van der Waals surface area contributed by atoms with E-state index >= 15 is 13.2 Å². The number of hydrogen-bond donors (Lipinski definition) is 0. The molecule has 2 aliphatic rings. The SMILES string of the molecule is CC1(C)c2ccccc2-c2ccc3c(c21)c1ccccc1n3-c1ccc(-c2nc(-c3ccccc3)nc(-c3ccccc3)n2)cc1-c1cc(C(F)(F)F)ccc1-n1c2ccccc2c2c3c(ccc21)-c1ccccc1C3(C)C. The van der Waals surface area contributed by atoms with Crippen LogP contribution in [-0.2, 0) is 17.0 Å². The van der Waals surface area contributed by atoms with E-state index in [1.54, 1.807) is 6.07 Å². The Balaban J connectivity index is 1.07. The Morgan fingerprint density at radius 1 is 0.346 bits per heavy atom. The van der Waals surface area contributed by atoms with Crippen LogP contribution in [0.5, 0.6) is 0 Å². The van der Waals surface area contributed by atoms with Gasteiger partial charge in [-0.15, -0.1) is 0 Å². The van der Waals surface area contributed by atoms with Gasteiger partial charge in [-0.1, -0.05) is 185 Å². The molecule has 15 rings (SSSR count). The van der Waals surface area contributed by atoms with Crippen molar-refractivity contribution in [3.8, 4) is 78.9 Å². The van der Waals surface area contributed by atoms with E-state index in [1.165, 1.54) is 56.6 Å². The molecule has 13 aromatic rings. The molecule has 2 aliphatic carbocycles. The van der Waals surface area contributed by atoms with Gasteiger partial charge in [0.2, 0.25) is 0 Å². The van der Waals surface area contributed by atoms with Gasteiger partial charge in [0.05, 0.1) is 39.0 Å². The van der Waals surface area contributed by atoms with Crippen LogP contribution in [0.4, 0.5) is 13.2 Å². The summed E-state index contributed by atoms with van der Waals surface area (Å²) in [4.78, 5) is 15.3. The predicted molar refractivity (Wildman–Crippen MR) is 310 cm³/mol. The van der Waals surface area contributed by atoms with Crippen LogP contribution in [0, 0.1) is 0 Å². The Labute approximate surface area is 448 Å². The second kappa shape index (κ2) is 16.6. The van der Waals surface area contributed by atoms with E-state index in [0.29, 0.717) is 45.5 Å². The van der Waals surface area contributed by atoms with E-state index < -0.39 is 11.7 Å². The van der Waals surface area contributed by atoms with Gasteiger partial charge < -0.3 is 9.13 Å². The van der Waals surface area contributed by atoms with Gasteiger partial charge >= 0.3 is 6.18 Å². The van der Waals surface area contributed by atoms with Gasteiger partial charge in [0.15, 0.2) is 17.5 Å². The monoisotopic (exact) mass is 1020 g/mol. The molecule has 3 heterocycles. The normalized spacial score (nSPS) is 14.0. The molecule has 0 spiro atoms. The average Bonchev–Trinajstić information content (AvgIpc) is 4.21. The van der Waals surface area contributed by atoms with E-state index in [9.17, 15) is 0 Å². The quantitative estimate of drug-likeness (QED) is 0.167. The van der Waals surface area contributed by atoms with Crippen molar-refractivity contribution in [3.05, 3.63) is 246 Å². The maximum atomic E-state index is 15.6. The number of benzene rings is 10. The van der Waals surface area contributed by atoms with Crippen molar-refractivity contribution in [1.29, 1.82) is 0 Å². The first-order valence-electron chi connectivity index (χ1n) is 26.4. The van der Waals surface area contributed by atoms with E-state index in [4.69, 9.17) is 15.0 Å². The zero-order valence-electron chi connectivity index (χ0n) is 43.2. The van der Waals surface area contributed by atoms with E-state index in [-0.39, 0.29) is 10.8 Å². The van der Waals surface area contributed by atoms with Gasteiger partial charge in [0.25, 0.3) is 0 Å². The molecule has 8 heteroatoms. The highest BCUT2D eigenvalue weighted by Crippen LogP contribution is 2.56. The lowest BCUT2D eigenvalue weighted by molar-refractivity contribution is -0.137. The summed E-state index contributed by atoms with van der Waals surface area (Å²) in [5, 5.41) is 4.27. The highest BCUT2D eigenvalue weighted by molar-refractivity contribution is 6.16. The number of nitrogens with zero attached hydrogens (tertiary/aromatic N) is 5. The van der Waals surface area contributed by atoms with E-state index in [1.807, 2.05) is 91.0 Å². The zero-order valence-corrected chi connectivity index (χ0v) is 43.2. The summed E-state index contributed by atoms with van der Waals surface area (Å²) in [6, 6.07) is 72.6. The molecule has 0 atom stereocenters. The molecule has 0 saturated heterocycles. The molecule has 10 aromatic carbocycles. The Morgan fingerprint density at radius 2 is 0.756 bits per heavy atom. The number of hydrogen-bond acceptors (Lipinski definition) is 3. The van der Waals surface area contributed by atoms with Crippen LogP contribution in [-0.4, -0.2) is 24.1 Å². The third kappa shape index (κ3) is 6.59. The predicted octanol–water partition coefficient (Wildman–Crippen LogP) is 18.4. The highest BCUT2D eigenvalue weighted by Gasteiger charge is 2.40. The van der Waals surface area contributed by atoms with Crippen molar-refractivity contribution >= 4 is 43.6 Å². The molecular formula is C70H48F3N5. The first-order valence-corrected chi connectivity index (χ1v) is 26.4. The Kier molecular flexibility index (Phi) is 9.75. The van der Waals surface area contributed by atoms with Gasteiger partial charge in [-0.25, -0.2) is 15.0 Å². The maximum Gasteiger partial charge on any atom is 0.416 e. The summed E-state index contributed by atoms with van der Waals surface area (Å²) in [5.74, 6) is 1.35. The van der Waals surface area contributed by atoms with E-state index in [2.05, 4.69) is 146 Å². The molecule has 0 saturated carbocycles. The van der Waals surface area contributed by atoms with Crippen LogP contribution in [0.2, 0.25) is 0 Å². The molecule has 0 bridgehead atoms. The van der Waals surface area contributed by atoms with Gasteiger partial charge in [0, 0.05) is 60.2 Å². The Morgan fingerprint density at radius 3 is 1.24 bits per heavy atom. The molecule has 0 unspecified atom stereocenters. The largest absolute Gasteiger partial charge is 0.416 e. The molecule has 0 fully saturated rings. The van der Waals surface area contributed by atoms with Gasteiger partial charge in [0.1, 0.15) is 0 Å². The second-order valence-corrected chi connectivity index (χ2v) is 21.8. The summed E-state index contributed by atoms with van der Waals surface area (Å²) in [6.07, 6.45) is -4.67. The fraction of sp³-hybridized carbons (Fsp3) is 0.100. The third-order valence-electron chi connectivity index (χ3n) is 16.8.